The second-order valence-corrected chi connectivity index (χ2v) is 6.74. The molecule has 1 aliphatic rings. The van der Waals surface area contributed by atoms with E-state index in [1.165, 1.54) is 11.3 Å². The summed E-state index contributed by atoms with van der Waals surface area (Å²) in [5, 5.41) is 12.1. The van der Waals surface area contributed by atoms with Crippen molar-refractivity contribution in [2.45, 2.75) is 12.5 Å². The van der Waals surface area contributed by atoms with Crippen LogP contribution in [0, 0.1) is 0 Å². The number of carboxylic acid groups (broad SMARTS) is 1. The van der Waals surface area contributed by atoms with Crippen LogP contribution in [0.2, 0.25) is 5.02 Å². The fourth-order valence-electron chi connectivity index (χ4n) is 2.79. The molecule has 0 aliphatic carbocycles. The van der Waals surface area contributed by atoms with E-state index in [-0.39, 0.29) is 12.5 Å². The molecule has 0 saturated heterocycles. The molecule has 122 valence electrons. The Balaban J connectivity index is 1.66. The molecule has 4 rings (SSSR count). The van der Waals surface area contributed by atoms with Gasteiger partial charge in [-0.3, -0.25) is 4.79 Å². The fraction of sp³-hybridized carbons (Fsp3) is 0.176. The predicted octanol–water partition coefficient (Wildman–Crippen LogP) is 4.09. The summed E-state index contributed by atoms with van der Waals surface area (Å²) in [6, 6.07) is 7.37. The van der Waals surface area contributed by atoms with Gasteiger partial charge < -0.3 is 14.6 Å². The lowest BCUT2D eigenvalue weighted by molar-refractivity contribution is -0.136. The minimum Gasteiger partial charge on any atom is -0.482 e. The number of carbonyl (C=O) groups is 1. The topological polar surface area (TPSA) is 68.7 Å². The number of rotatable bonds is 4. The molecule has 7 heteroatoms. The van der Waals surface area contributed by atoms with Crippen molar-refractivity contribution in [2.24, 2.45) is 0 Å². The monoisotopic (exact) mass is 361 g/mol. The Hall–Kier alpha value is -2.31. The van der Waals surface area contributed by atoms with Gasteiger partial charge in [-0.1, -0.05) is 11.6 Å². The Morgan fingerprint density at radius 1 is 1.50 bits per heavy atom. The van der Waals surface area contributed by atoms with E-state index in [1.54, 1.807) is 12.3 Å². The lowest BCUT2D eigenvalue weighted by Gasteiger charge is -2.13. The number of pyridine rings is 1. The Bertz CT molecular complexity index is 939. The smallest absolute Gasteiger partial charge is 0.307 e. The highest BCUT2D eigenvalue weighted by Gasteiger charge is 2.27. The molecule has 1 aliphatic heterocycles. The Morgan fingerprint density at radius 2 is 2.38 bits per heavy atom. The summed E-state index contributed by atoms with van der Waals surface area (Å²) < 4.78 is 12.4. The first kappa shape index (κ1) is 15.2. The van der Waals surface area contributed by atoms with Gasteiger partial charge in [-0.05, 0) is 35.2 Å². The number of fused-ring (bicyclic) bond motifs is 2. The number of hydrogen-bond donors (Lipinski definition) is 1. The number of halogens is 1. The second kappa shape index (κ2) is 5.96. The zero-order valence-corrected chi connectivity index (χ0v) is 13.9. The van der Waals surface area contributed by atoms with Crippen LogP contribution < -0.4 is 9.47 Å². The average Bonchev–Trinajstić information content (AvgIpc) is 3.12. The van der Waals surface area contributed by atoms with Crippen LogP contribution in [0.15, 0.2) is 35.8 Å². The molecule has 0 amide bonds. The number of aliphatic carboxylic acids is 1. The van der Waals surface area contributed by atoms with Crippen molar-refractivity contribution >= 4 is 39.0 Å². The third-order valence-electron chi connectivity index (χ3n) is 3.82. The summed E-state index contributed by atoms with van der Waals surface area (Å²) in [7, 11) is 0. The maximum atomic E-state index is 11.0. The molecule has 1 unspecified atom stereocenters. The largest absolute Gasteiger partial charge is 0.482 e. The van der Waals surface area contributed by atoms with Crippen molar-refractivity contribution in [3.63, 3.8) is 0 Å². The van der Waals surface area contributed by atoms with Crippen molar-refractivity contribution in [3.8, 4) is 11.6 Å². The molecule has 0 spiro atoms. The summed E-state index contributed by atoms with van der Waals surface area (Å²) in [6.45, 7) is 0.400. The summed E-state index contributed by atoms with van der Waals surface area (Å²) in [5.74, 6) is 0.342. The van der Waals surface area contributed by atoms with Crippen LogP contribution in [0.3, 0.4) is 0 Å². The predicted molar refractivity (Wildman–Crippen MR) is 91.3 cm³/mol. The maximum Gasteiger partial charge on any atom is 0.307 e. The van der Waals surface area contributed by atoms with Gasteiger partial charge in [0.2, 0.25) is 5.88 Å². The molecule has 1 aromatic carbocycles. The van der Waals surface area contributed by atoms with Crippen molar-refractivity contribution in [1.29, 1.82) is 0 Å². The van der Waals surface area contributed by atoms with E-state index >= 15 is 0 Å². The molecular weight excluding hydrogens is 350 g/mol. The van der Waals surface area contributed by atoms with Crippen LogP contribution in [0.5, 0.6) is 11.6 Å². The third-order valence-corrected chi connectivity index (χ3v) is 5.09. The van der Waals surface area contributed by atoms with E-state index < -0.39 is 5.97 Å². The molecule has 5 nitrogen and oxygen atoms in total. The number of thiophene rings is 1. The van der Waals surface area contributed by atoms with Crippen molar-refractivity contribution in [3.05, 3.63) is 52.0 Å². The van der Waals surface area contributed by atoms with E-state index in [0.29, 0.717) is 23.3 Å². The van der Waals surface area contributed by atoms with E-state index in [2.05, 4.69) is 4.98 Å². The van der Waals surface area contributed by atoms with Gasteiger partial charge in [-0.15, -0.1) is 11.3 Å². The van der Waals surface area contributed by atoms with Gasteiger partial charge in [0.25, 0.3) is 0 Å². The molecule has 3 heterocycles. The molecular formula is C17H12ClNO4S. The third kappa shape index (κ3) is 2.68. The van der Waals surface area contributed by atoms with E-state index in [9.17, 15) is 4.79 Å². The zero-order valence-electron chi connectivity index (χ0n) is 12.4. The second-order valence-electron chi connectivity index (χ2n) is 5.42. The first-order valence-corrected chi connectivity index (χ1v) is 8.53. The van der Waals surface area contributed by atoms with Gasteiger partial charge in [-0.25, -0.2) is 4.98 Å². The highest BCUT2D eigenvalue weighted by molar-refractivity contribution is 7.17. The van der Waals surface area contributed by atoms with Gasteiger partial charge >= 0.3 is 5.97 Å². The Morgan fingerprint density at radius 3 is 3.21 bits per heavy atom. The Kier molecular flexibility index (Phi) is 3.78. The fourth-order valence-corrected chi connectivity index (χ4v) is 4.19. The summed E-state index contributed by atoms with van der Waals surface area (Å²) in [4.78, 5) is 15.1. The van der Waals surface area contributed by atoms with Crippen LogP contribution in [0.25, 0.3) is 10.1 Å². The van der Waals surface area contributed by atoms with Gasteiger partial charge in [0, 0.05) is 16.3 Å². The SMILES string of the molecule is O=C(O)Cc1csc2cc(OC3COc4ncccc43)cc(Cl)c12. The number of hydrogen-bond acceptors (Lipinski definition) is 5. The van der Waals surface area contributed by atoms with Crippen LogP contribution in [-0.4, -0.2) is 22.7 Å². The number of benzene rings is 1. The first-order chi connectivity index (χ1) is 11.6. The van der Waals surface area contributed by atoms with Crippen LogP contribution in [-0.2, 0) is 11.2 Å². The summed E-state index contributed by atoms with van der Waals surface area (Å²) in [6.07, 6.45) is 1.40. The molecule has 1 N–H and O–H groups in total. The van der Waals surface area contributed by atoms with Crippen molar-refractivity contribution in [1.82, 2.24) is 4.98 Å². The highest BCUT2D eigenvalue weighted by Crippen LogP contribution is 2.39. The number of carboxylic acids is 1. The molecule has 0 saturated carbocycles. The standard InChI is InChI=1S/C17H12ClNO4S/c18-12-5-10(6-14-16(12)9(8-24-14)4-15(20)21)23-13-7-22-17-11(13)2-1-3-19-17/h1-3,5-6,8,13H,4,7H2,(H,20,21). The van der Waals surface area contributed by atoms with Gasteiger partial charge in [0.1, 0.15) is 12.4 Å². The van der Waals surface area contributed by atoms with E-state index in [0.717, 1.165) is 21.2 Å². The van der Waals surface area contributed by atoms with Crippen LogP contribution in [0.4, 0.5) is 0 Å². The molecule has 0 fully saturated rings. The average molecular weight is 362 g/mol. The van der Waals surface area contributed by atoms with Crippen molar-refractivity contribution in [2.75, 3.05) is 6.61 Å². The number of aromatic nitrogens is 1. The molecule has 0 radical (unpaired) electrons. The van der Waals surface area contributed by atoms with Gasteiger partial charge in [0.15, 0.2) is 6.10 Å². The van der Waals surface area contributed by atoms with E-state index in [4.69, 9.17) is 26.2 Å². The minimum atomic E-state index is -0.877. The normalized spacial score (nSPS) is 16.0. The molecule has 0 bridgehead atoms. The molecule has 24 heavy (non-hydrogen) atoms. The van der Waals surface area contributed by atoms with Crippen molar-refractivity contribution < 1.29 is 19.4 Å². The Labute approximate surface area is 146 Å². The molecule has 3 aromatic rings. The highest BCUT2D eigenvalue weighted by atomic mass is 35.5. The summed E-state index contributed by atoms with van der Waals surface area (Å²) >= 11 is 7.82. The minimum absolute atomic E-state index is 0.0462. The van der Waals surface area contributed by atoms with Crippen LogP contribution >= 0.6 is 22.9 Å². The number of ether oxygens (including phenoxy) is 2. The quantitative estimate of drug-likeness (QED) is 0.758. The first-order valence-electron chi connectivity index (χ1n) is 7.27. The van der Waals surface area contributed by atoms with Crippen LogP contribution in [0.1, 0.15) is 17.2 Å². The number of nitrogens with zero attached hydrogens (tertiary/aromatic N) is 1. The van der Waals surface area contributed by atoms with Gasteiger partial charge in [-0.2, -0.15) is 0 Å². The summed E-state index contributed by atoms with van der Waals surface area (Å²) in [5.41, 5.74) is 1.63. The van der Waals surface area contributed by atoms with E-state index in [1.807, 2.05) is 23.6 Å². The lowest BCUT2D eigenvalue weighted by Crippen LogP contribution is -2.08. The molecule has 2 aromatic heterocycles. The maximum absolute atomic E-state index is 11.0. The lowest BCUT2D eigenvalue weighted by atomic mass is 10.1. The van der Waals surface area contributed by atoms with Gasteiger partial charge in [0.05, 0.1) is 17.0 Å². The zero-order chi connectivity index (χ0) is 16.7. The molecule has 1 atom stereocenters.